The second kappa shape index (κ2) is 5.08. The number of anilines is 1. The average Bonchev–Trinajstić information content (AvgIpc) is 2.70. The van der Waals surface area contributed by atoms with Gasteiger partial charge in [0.05, 0.1) is 12.9 Å². The number of ether oxygens (including phenoxy) is 1. The number of rotatable bonds is 2. The quantitative estimate of drug-likeness (QED) is 0.652. The molecule has 0 bridgehead atoms. The van der Waals surface area contributed by atoms with Gasteiger partial charge in [-0.2, -0.15) is 4.98 Å². The Labute approximate surface area is 107 Å². The van der Waals surface area contributed by atoms with Crippen molar-refractivity contribution in [1.29, 1.82) is 0 Å². The lowest BCUT2D eigenvalue weighted by Crippen LogP contribution is -2.29. The highest BCUT2D eigenvalue weighted by molar-refractivity contribution is 5.35. The molecule has 0 radical (unpaired) electrons. The molecule has 19 heavy (non-hydrogen) atoms. The van der Waals surface area contributed by atoms with Gasteiger partial charge < -0.3 is 20.7 Å². The summed E-state index contributed by atoms with van der Waals surface area (Å²) in [5, 5.41) is 18.8. The lowest BCUT2D eigenvalue weighted by Gasteiger charge is -2.15. The summed E-state index contributed by atoms with van der Waals surface area (Å²) in [6.45, 7) is 1.14. The number of nitrogen functional groups attached to an aromatic ring is 1. The summed E-state index contributed by atoms with van der Waals surface area (Å²) < 4.78 is 19.1. The van der Waals surface area contributed by atoms with E-state index >= 15 is 0 Å². The molecule has 1 aromatic rings. The standard InChI is InChI=1S/C11H14FN3O4/c1-5-3-15(11(18)14-9(5)13)10-6(2-12)8(17)7(4-16)19-10/h2-3,7-8,10,16-17H,4H2,1H3,(H2,13,14,18)/b6-2+/t7-,8?,10-/m1/s1. The van der Waals surface area contributed by atoms with E-state index in [1.807, 2.05) is 0 Å². The first-order valence-corrected chi connectivity index (χ1v) is 5.59. The van der Waals surface area contributed by atoms with Crippen LogP contribution in [-0.2, 0) is 4.74 Å². The monoisotopic (exact) mass is 271 g/mol. The smallest absolute Gasteiger partial charge is 0.351 e. The van der Waals surface area contributed by atoms with Gasteiger partial charge in [0.1, 0.15) is 18.0 Å². The van der Waals surface area contributed by atoms with Gasteiger partial charge in [0, 0.05) is 17.3 Å². The fourth-order valence-electron chi connectivity index (χ4n) is 1.91. The number of aliphatic hydroxyl groups is 2. The highest BCUT2D eigenvalue weighted by Gasteiger charge is 2.40. The van der Waals surface area contributed by atoms with E-state index < -0.39 is 30.7 Å². The predicted molar refractivity (Wildman–Crippen MR) is 63.8 cm³/mol. The van der Waals surface area contributed by atoms with E-state index in [4.69, 9.17) is 15.6 Å². The molecule has 8 heteroatoms. The minimum Gasteiger partial charge on any atom is -0.394 e. The SMILES string of the molecule is Cc1cn([C@@H]2O[C@H](CO)C(O)/C2=C\F)c(=O)nc1N. The molecular formula is C11H14FN3O4. The number of aliphatic hydroxyl groups excluding tert-OH is 2. The van der Waals surface area contributed by atoms with Gasteiger partial charge in [-0.25, -0.2) is 9.18 Å². The first kappa shape index (κ1) is 13.7. The van der Waals surface area contributed by atoms with E-state index in [1.165, 1.54) is 6.20 Å². The summed E-state index contributed by atoms with van der Waals surface area (Å²) in [7, 11) is 0. The van der Waals surface area contributed by atoms with Gasteiger partial charge in [0.15, 0.2) is 6.23 Å². The van der Waals surface area contributed by atoms with Crippen LogP contribution in [0.25, 0.3) is 0 Å². The van der Waals surface area contributed by atoms with Crippen LogP contribution in [0.3, 0.4) is 0 Å². The minimum atomic E-state index is -1.32. The minimum absolute atomic E-state index is 0.0734. The van der Waals surface area contributed by atoms with Crippen molar-refractivity contribution < 1.29 is 19.3 Å². The van der Waals surface area contributed by atoms with Crippen LogP contribution in [0.5, 0.6) is 0 Å². The number of halogens is 1. The molecule has 0 spiro atoms. The number of hydrogen-bond acceptors (Lipinski definition) is 6. The highest BCUT2D eigenvalue weighted by Crippen LogP contribution is 2.33. The Hall–Kier alpha value is -1.77. The zero-order valence-electron chi connectivity index (χ0n) is 10.2. The number of aromatic nitrogens is 2. The third-order valence-corrected chi connectivity index (χ3v) is 3.01. The topological polar surface area (TPSA) is 111 Å². The summed E-state index contributed by atoms with van der Waals surface area (Å²) >= 11 is 0. The van der Waals surface area contributed by atoms with E-state index in [0.29, 0.717) is 5.56 Å². The molecular weight excluding hydrogens is 257 g/mol. The van der Waals surface area contributed by atoms with Crippen LogP contribution in [0.4, 0.5) is 10.2 Å². The molecule has 1 aromatic heterocycles. The van der Waals surface area contributed by atoms with Crippen LogP contribution in [0.15, 0.2) is 22.9 Å². The first-order chi connectivity index (χ1) is 8.99. The molecule has 3 atom stereocenters. The average molecular weight is 271 g/mol. The zero-order valence-corrected chi connectivity index (χ0v) is 10.2. The number of nitrogens with two attached hydrogens (primary N) is 1. The molecule has 0 aromatic carbocycles. The van der Waals surface area contributed by atoms with Gasteiger partial charge in [-0.05, 0) is 6.92 Å². The van der Waals surface area contributed by atoms with Crippen molar-refractivity contribution in [2.24, 2.45) is 0 Å². The Morgan fingerprint density at radius 2 is 2.37 bits per heavy atom. The Morgan fingerprint density at radius 1 is 1.68 bits per heavy atom. The second-order valence-corrected chi connectivity index (χ2v) is 4.26. The van der Waals surface area contributed by atoms with Crippen molar-refractivity contribution in [1.82, 2.24) is 9.55 Å². The van der Waals surface area contributed by atoms with Crippen LogP contribution in [0.2, 0.25) is 0 Å². The fourth-order valence-corrected chi connectivity index (χ4v) is 1.91. The Bertz CT molecular complexity index is 572. The zero-order chi connectivity index (χ0) is 14.2. The van der Waals surface area contributed by atoms with E-state index in [9.17, 15) is 14.3 Å². The van der Waals surface area contributed by atoms with Gasteiger partial charge in [-0.15, -0.1) is 0 Å². The maximum Gasteiger partial charge on any atom is 0.351 e. The number of aryl methyl sites for hydroxylation is 1. The van der Waals surface area contributed by atoms with E-state index in [-0.39, 0.29) is 17.7 Å². The maximum absolute atomic E-state index is 12.9. The van der Waals surface area contributed by atoms with Crippen LogP contribution in [-0.4, -0.2) is 38.6 Å². The lowest BCUT2D eigenvalue weighted by atomic mass is 10.1. The van der Waals surface area contributed by atoms with Gasteiger partial charge in [-0.3, -0.25) is 4.57 Å². The molecule has 1 fully saturated rings. The number of hydrogen-bond donors (Lipinski definition) is 3. The van der Waals surface area contributed by atoms with Crippen molar-refractivity contribution in [2.75, 3.05) is 12.3 Å². The third-order valence-electron chi connectivity index (χ3n) is 3.01. The van der Waals surface area contributed by atoms with E-state index in [1.54, 1.807) is 6.92 Å². The van der Waals surface area contributed by atoms with Gasteiger partial charge in [0.25, 0.3) is 0 Å². The van der Waals surface area contributed by atoms with Crippen LogP contribution < -0.4 is 11.4 Å². The fraction of sp³-hybridized carbons (Fsp3) is 0.455. The Balaban J connectivity index is 2.47. The molecule has 1 aliphatic rings. The Kier molecular flexibility index (Phi) is 3.65. The van der Waals surface area contributed by atoms with Crippen LogP contribution in [0, 0.1) is 6.92 Å². The highest BCUT2D eigenvalue weighted by atomic mass is 19.1. The lowest BCUT2D eigenvalue weighted by molar-refractivity contribution is -0.0447. The summed E-state index contributed by atoms with van der Waals surface area (Å²) in [6.07, 6.45) is -1.91. The molecule has 2 heterocycles. The molecule has 0 amide bonds. The van der Waals surface area contributed by atoms with Gasteiger partial charge >= 0.3 is 5.69 Å². The van der Waals surface area contributed by atoms with Gasteiger partial charge in [-0.1, -0.05) is 0 Å². The van der Waals surface area contributed by atoms with E-state index in [0.717, 1.165) is 4.57 Å². The predicted octanol–water partition coefficient (Wildman–Crippen LogP) is -0.762. The van der Waals surface area contributed by atoms with Crippen LogP contribution in [0.1, 0.15) is 11.8 Å². The summed E-state index contributed by atoms with van der Waals surface area (Å²) in [6, 6.07) is 0. The molecule has 7 nitrogen and oxygen atoms in total. The second-order valence-electron chi connectivity index (χ2n) is 4.26. The van der Waals surface area contributed by atoms with Gasteiger partial charge in [0.2, 0.25) is 0 Å². The molecule has 4 N–H and O–H groups in total. The third kappa shape index (κ3) is 2.25. The van der Waals surface area contributed by atoms with Crippen molar-refractivity contribution in [3.63, 3.8) is 0 Å². The maximum atomic E-state index is 12.9. The van der Waals surface area contributed by atoms with Crippen LogP contribution >= 0.6 is 0 Å². The Morgan fingerprint density at radius 3 is 2.95 bits per heavy atom. The molecule has 1 unspecified atom stereocenters. The van der Waals surface area contributed by atoms with E-state index in [2.05, 4.69) is 4.98 Å². The molecule has 1 aliphatic heterocycles. The summed E-state index contributed by atoms with van der Waals surface area (Å²) in [5.74, 6) is 0.0734. The number of nitrogens with zero attached hydrogens (tertiary/aromatic N) is 2. The molecule has 104 valence electrons. The summed E-state index contributed by atoms with van der Waals surface area (Å²) in [5.41, 5.74) is 5.14. The van der Waals surface area contributed by atoms with Crippen molar-refractivity contribution in [2.45, 2.75) is 25.4 Å². The van der Waals surface area contributed by atoms with Crippen molar-refractivity contribution in [3.8, 4) is 0 Å². The molecule has 0 saturated carbocycles. The summed E-state index contributed by atoms with van der Waals surface area (Å²) in [4.78, 5) is 15.3. The molecule has 0 aliphatic carbocycles. The normalized spacial score (nSPS) is 29.1. The largest absolute Gasteiger partial charge is 0.394 e. The molecule has 1 saturated heterocycles. The van der Waals surface area contributed by atoms with Crippen molar-refractivity contribution in [3.05, 3.63) is 34.1 Å². The van der Waals surface area contributed by atoms with Crippen molar-refractivity contribution >= 4 is 5.82 Å². The first-order valence-electron chi connectivity index (χ1n) is 5.59. The molecule has 2 rings (SSSR count).